The predicted octanol–water partition coefficient (Wildman–Crippen LogP) is 1.92. The fraction of sp³-hybridized carbons (Fsp3) is 0.300. The first-order chi connectivity index (χ1) is 6.66. The Kier molecular flexibility index (Phi) is 3.34. The number of ketones is 1. The Hall–Kier alpha value is -1.71. The maximum absolute atomic E-state index is 11.6. The highest BCUT2D eigenvalue weighted by molar-refractivity contribution is 5.99. The van der Waals surface area contributed by atoms with Crippen LogP contribution in [0.5, 0.6) is 0 Å². The number of hydrogen-bond acceptors (Lipinski definition) is 3. The Labute approximate surface area is 81.7 Å². The molecule has 0 saturated heterocycles. The Bertz CT molecular complexity index is 334. The summed E-state index contributed by atoms with van der Waals surface area (Å²) in [6.07, 6.45) is 0.223. The van der Waals surface area contributed by atoms with Crippen LogP contribution < -0.4 is 0 Å². The lowest BCUT2D eigenvalue weighted by molar-refractivity contribution is -0.505. The maximum Gasteiger partial charge on any atom is 0.274 e. The van der Waals surface area contributed by atoms with Gasteiger partial charge in [0.1, 0.15) is 0 Å². The quantitative estimate of drug-likeness (QED) is 0.417. The molecular formula is C10H11NO3. The lowest BCUT2D eigenvalue weighted by Crippen LogP contribution is -2.28. The van der Waals surface area contributed by atoms with Crippen LogP contribution in [-0.2, 0) is 0 Å². The van der Waals surface area contributed by atoms with Crippen LogP contribution in [0.2, 0.25) is 0 Å². The van der Waals surface area contributed by atoms with Gasteiger partial charge >= 0.3 is 0 Å². The highest BCUT2D eigenvalue weighted by Gasteiger charge is 2.27. The van der Waals surface area contributed by atoms with Crippen LogP contribution >= 0.6 is 0 Å². The highest BCUT2D eigenvalue weighted by atomic mass is 16.6. The van der Waals surface area contributed by atoms with E-state index in [1.807, 2.05) is 0 Å². The highest BCUT2D eigenvalue weighted by Crippen LogP contribution is 2.08. The summed E-state index contributed by atoms with van der Waals surface area (Å²) >= 11 is 0. The molecule has 4 heteroatoms. The van der Waals surface area contributed by atoms with Crippen molar-refractivity contribution in [2.24, 2.45) is 0 Å². The van der Waals surface area contributed by atoms with E-state index >= 15 is 0 Å². The molecule has 0 aliphatic rings. The summed E-state index contributed by atoms with van der Waals surface area (Å²) < 4.78 is 0. The van der Waals surface area contributed by atoms with Gasteiger partial charge in [0.25, 0.3) is 6.04 Å². The number of rotatable bonds is 4. The van der Waals surface area contributed by atoms with E-state index in [2.05, 4.69) is 0 Å². The molecule has 0 aliphatic carbocycles. The summed E-state index contributed by atoms with van der Waals surface area (Å²) in [7, 11) is 0. The van der Waals surface area contributed by atoms with Crippen molar-refractivity contribution in [2.45, 2.75) is 19.4 Å². The van der Waals surface area contributed by atoms with Crippen LogP contribution in [0.15, 0.2) is 30.3 Å². The molecule has 0 fully saturated rings. The van der Waals surface area contributed by atoms with Gasteiger partial charge in [-0.25, -0.2) is 0 Å². The molecule has 0 spiro atoms. The SMILES string of the molecule is CC[C@H](C(=O)c1ccccc1)[N+](=O)[O-]. The summed E-state index contributed by atoms with van der Waals surface area (Å²) in [6.45, 7) is 1.63. The van der Waals surface area contributed by atoms with Gasteiger partial charge in [0.15, 0.2) is 0 Å². The largest absolute Gasteiger partial charge is 0.286 e. The predicted molar refractivity (Wildman–Crippen MR) is 51.8 cm³/mol. The fourth-order valence-corrected chi connectivity index (χ4v) is 1.23. The number of nitrogens with zero attached hydrogens (tertiary/aromatic N) is 1. The van der Waals surface area contributed by atoms with Crippen LogP contribution in [0, 0.1) is 10.1 Å². The molecule has 0 aromatic heterocycles. The average Bonchev–Trinajstić information content (AvgIpc) is 2.19. The van der Waals surface area contributed by atoms with Crippen molar-refractivity contribution >= 4 is 5.78 Å². The van der Waals surface area contributed by atoms with Crippen molar-refractivity contribution < 1.29 is 9.72 Å². The summed E-state index contributed by atoms with van der Waals surface area (Å²) in [4.78, 5) is 21.6. The molecule has 0 aliphatic heterocycles. The molecule has 14 heavy (non-hydrogen) atoms. The third kappa shape index (κ3) is 2.16. The first-order valence-electron chi connectivity index (χ1n) is 4.39. The van der Waals surface area contributed by atoms with E-state index in [0.717, 1.165) is 0 Å². The molecule has 0 radical (unpaired) electrons. The second-order valence-corrected chi connectivity index (χ2v) is 2.94. The normalized spacial score (nSPS) is 12.1. The summed E-state index contributed by atoms with van der Waals surface area (Å²) in [5, 5.41) is 10.5. The van der Waals surface area contributed by atoms with E-state index < -0.39 is 16.7 Å². The van der Waals surface area contributed by atoms with Crippen LogP contribution in [-0.4, -0.2) is 16.7 Å². The lowest BCUT2D eigenvalue weighted by atomic mass is 10.0. The zero-order valence-corrected chi connectivity index (χ0v) is 7.84. The van der Waals surface area contributed by atoms with Crippen LogP contribution in [0.25, 0.3) is 0 Å². The van der Waals surface area contributed by atoms with E-state index in [-0.39, 0.29) is 6.42 Å². The Morgan fingerprint density at radius 3 is 2.43 bits per heavy atom. The number of carbonyl (C=O) groups is 1. The van der Waals surface area contributed by atoms with Crippen molar-refractivity contribution in [1.29, 1.82) is 0 Å². The topological polar surface area (TPSA) is 60.2 Å². The minimum absolute atomic E-state index is 0.223. The molecule has 4 nitrogen and oxygen atoms in total. The Morgan fingerprint density at radius 1 is 1.43 bits per heavy atom. The van der Waals surface area contributed by atoms with Gasteiger partial charge in [-0.05, 0) is 0 Å². The summed E-state index contributed by atoms with van der Waals surface area (Å²) in [5.74, 6) is -0.418. The minimum atomic E-state index is -1.11. The van der Waals surface area contributed by atoms with Gasteiger partial charge in [0.2, 0.25) is 5.78 Å². The van der Waals surface area contributed by atoms with Crippen LogP contribution in [0.1, 0.15) is 23.7 Å². The number of Topliss-reactive ketones (excluding diaryl/α,β-unsaturated/α-hetero) is 1. The zero-order valence-electron chi connectivity index (χ0n) is 7.84. The molecule has 0 heterocycles. The number of hydrogen-bond donors (Lipinski definition) is 0. The fourth-order valence-electron chi connectivity index (χ4n) is 1.23. The van der Waals surface area contributed by atoms with Crippen molar-refractivity contribution in [3.63, 3.8) is 0 Å². The molecule has 0 saturated carbocycles. The monoisotopic (exact) mass is 193 g/mol. The van der Waals surface area contributed by atoms with Crippen molar-refractivity contribution in [3.05, 3.63) is 46.0 Å². The van der Waals surface area contributed by atoms with Gasteiger partial charge < -0.3 is 0 Å². The van der Waals surface area contributed by atoms with Gasteiger partial charge in [0, 0.05) is 16.9 Å². The standard InChI is InChI=1S/C10H11NO3/c1-2-9(11(13)14)10(12)8-6-4-3-5-7-8/h3-7,9H,2H2,1H3/t9-/m1/s1. The molecule has 1 atom stereocenters. The van der Waals surface area contributed by atoms with E-state index in [1.165, 1.54) is 0 Å². The molecule has 74 valence electrons. The molecular weight excluding hydrogens is 182 g/mol. The average molecular weight is 193 g/mol. The van der Waals surface area contributed by atoms with Gasteiger partial charge in [-0.1, -0.05) is 37.3 Å². The smallest absolute Gasteiger partial charge is 0.274 e. The van der Waals surface area contributed by atoms with Gasteiger partial charge in [-0.2, -0.15) is 0 Å². The second-order valence-electron chi connectivity index (χ2n) is 2.94. The van der Waals surface area contributed by atoms with Gasteiger partial charge in [0.05, 0.1) is 0 Å². The molecule has 0 amide bonds. The summed E-state index contributed by atoms with van der Waals surface area (Å²) in [5.41, 5.74) is 0.399. The van der Waals surface area contributed by atoms with Gasteiger partial charge in [-0.15, -0.1) is 0 Å². The van der Waals surface area contributed by atoms with E-state index in [9.17, 15) is 14.9 Å². The first-order valence-corrected chi connectivity index (χ1v) is 4.39. The molecule has 0 N–H and O–H groups in total. The van der Waals surface area contributed by atoms with E-state index in [1.54, 1.807) is 37.3 Å². The Balaban J connectivity index is 2.89. The van der Waals surface area contributed by atoms with Gasteiger partial charge in [-0.3, -0.25) is 14.9 Å². The van der Waals surface area contributed by atoms with E-state index in [0.29, 0.717) is 5.56 Å². The van der Waals surface area contributed by atoms with Crippen molar-refractivity contribution in [3.8, 4) is 0 Å². The maximum atomic E-state index is 11.6. The lowest BCUT2D eigenvalue weighted by Gasteiger charge is -2.05. The molecule has 1 aromatic carbocycles. The molecule has 1 rings (SSSR count). The van der Waals surface area contributed by atoms with Crippen LogP contribution in [0.3, 0.4) is 0 Å². The number of nitro groups is 1. The van der Waals surface area contributed by atoms with Crippen LogP contribution in [0.4, 0.5) is 0 Å². The van der Waals surface area contributed by atoms with Crippen molar-refractivity contribution in [1.82, 2.24) is 0 Å². The Morgan fingerprint density at radius 2 is 2.00 bits per heavy atom. The molecule has 0 unspecified atom stereocenters. The van der Waals surface area contributed by atoms with Crippen molar-refractivity contribution in [2.75, 3.05) is 0 Å². The number of carbonyl (C=O) groups excluding carboxylic acids is 1. The number of benzene rings is 1. The third-order valence-electron chi connectivity index (χ3n) is 2.00. The third-order valence-corrected chi connectivity index (χ3v) is 2.00. The van der Waals surface area contributed by atoms with E-state index in [4.69, 9.17) is 0 Å². The molecule has 1 aromatic rings. The first kappa shape index (κ1) is 10.4. The minimum Gasteiger partial charge on any atom is -0.286 e. The molecule has 0 bridgehead atoms. The zero-order chi connectivity index (χ0) is 10.6. The second kappa shape index (κ2) is 4.50. The summed E-state index contributed by atoms with van der Waals surface area (Å²) in [6, 6.07) is 7.23.